The smallest absolute Gasteiger partial charge is 0.226 e. The summed E-state index contributed by atoms with van der Waals surface area (Å²) in [4.78, 5) is 26.6. The minimum absolute atomic E-state index is 0.00422. The molecule has 3 aromatic rings. The molecule has 1 aliphatic rings. The van der Waals surface area contributed by atoms with Crippen LogP contribution in [0.3, 0.4) is 0 Å². The number of piperidine rings is 1. The molecule has 1 heterocycles. The van der Waals surface area contributed by atoms with Gasteiger partial charge in [0, 0.05) is 26.1 Å². The number of carbonyl (C=O) groups excluding carboxylic acids is 2. The first-order valence-electron chi connectivity index (χ1n) is 11.8. The predicted octanol–water partition coefficient (Wildman–Crippen LogP) is 4.06. The van der Waals surface area contributed by atoms with Crippen molar-refractivity contribution < 1.29 is 23.8 Å². The van der Waals surface area contributed by atoms with Gasteiger partial charge in [-0.05, 0) is 58.5 Å². The highest BCUT2D eigenvalue weighted by Gasteiger charge is 2.26. The number of nitrogens with one attached hydrogen (secondary N) is 1. The van der Waals surface area contributed by atoms with E-state index in [2.05, 4.69) is 35.6 Å². The van der Waals surface area contributed by atoms with Gasteiger partial charge in [-0.3, -0.25) is 9.59 Å². The highest BCUT2D eigenvalue weighted by Crippen LogP contribution is 2.41. The number of hydrogen-bond acceptors (Lipinski definition) is 5. The van der Waals surface area contributed by atoms with Crippen molar-refractivity contribution in [3.8, 4) is 28.4 Å². The molecule has 35 heavy (non-hydrogen) atoms. The number of benzene rings is 3. The Bertz CT molecular complexity index is 1210. The Balaban J connectivity index is 1.50. The van der Waals surface area contributed by atoms with E-state index in [4.69, 9.17) is 14.2 Å². The highest BCUT2D eigenvalue weighted by atomic mass is 16.5. The van der Waals surface area contributed by atoms with Gasteiger partial charge in [0.1, 0.15) is 0 Å². The van der Waals surface area contributed by atoms with Crippen molar-refractivity contribution in [1.29, 1.82) is 0 Å². The fourth-order valence-corrected chi connectivity index (χ4v) is 4.71. The van der Waals surface area contributed by atoms with Crippen molar-refractivity contribution in [2.24, 2.45) is 5.92 Å². The van der Waals surface area contributed by atoms with E-state index in [0.717, 1.165) is 27.5 Å². The van der Waals surface area contributed by atoms with Gasteiger partial charge in [-0.25, -0.2) is 0 Å². The minimum atomic E-state index is 0.00422. The van der Waals surface area contributed by atoms with Gasteiger partial charge < -0.3 is 24.4 Å². The van der Waals surface area contributed by atoms with Gasteiger partial charge in [0.15, 0.2) is 11.5 Å². The number of carbonyl (C=O) groups is 2. The first-order chi connectivity index (χ1) is 17.0. The van der Waals surface area contributed by atoms with Crippen molar-refractivity contribution in [3.63, 3.8) is 0 Å². The summed E-state index contributed by atoms with van der Waals surface area (Å²) in [6.07, 6.45) is 1.79. The number of hydrogen-bond donors (Lipinski definition) is 1. The Morgan fingerprint density at radius 3 is 2.09 bits per heavy atom. The lowest BCUT2D eigenvalue weighted by molar-refractivity contribution is -0.134. The van der Waals surface area contributed by atoms with Crippen LogP contribution < -0.4 is 19.5 Å². The van der Waals surface area contributed by atoms with Crippen LogP contribution >= 0.6 is 0 Å². The molecule has 0 aromatic heterocycles. The molecule has 1 aliphatic heterocycles. The largest absolute Gasteiger partial charge is 0.493 e. The van der Waals surface area contributed by atoms with Crippen LogP contribution in [0.25, 0.3) is 21.9 Å². The van der Waals surface area contributed by atoms with E-state index in [-0.39, 0.29) is 17.7 Å². The summed E-state index contributed by atoms with van der Waals surface area (Å²) in [6, 6.07) is 16.2. The number of fused-ring (bicyclic) bond motifs is 1. The second-order valence-corrected chi connectivity index (χ2v) is 8.76. The topological polar surface area (TPSA) is 77.1 Å². The molecule has 0 unspecified atom stereocenters. The van der Waals surface area contributed by atoms with Crippen LogP contribution in [0.2, 0.25) is 0 Å². The van der Waals surface area contributed by atoms with Crippen molar-refractivity contribution in [2.45, 2.75) is 19.3 Å². The SMILES string of the molecule is CNC(=O)C1CCN(C(=O)Cc2ccc3cc(-c4cc(OC)c(OC)c(OC)c4)ccc3c2)CC1. The molecule has 0 saturated carbocycles. The number of likely N-dealkylation sites (tertiary alicyclic amines) is 1. The van der Waals surface area contributed by atoms with Gasteiger partial charge in [0.25, 0.3) is 0 Å². The van der Waals surface area contributed by atoms with Crippen LogP contribution in [0.15, 0.2) is 48.5 Å². The average molecular weight is 477 g/mol. The number of rotatable bonds is 7. The van der Waals surface area contributed by atoms with Crippen LogP contribution in [0, 0.1) is 5.92 Å². The van der Waals surface area contributed by atoms with E-state index in [0.29, 0.717) is 49.6 Å². The standard InChI is InChI=1S/C28H32N2O5/c1-29-28(32)19-9-11-30(12-10-19)26(31)14-18-5-6-21-15-22(8-7-20(21)13-18)23-16-24(33-2)27(35-4)25(17-23)34-3/h5-8,13,15-17,19H,9-12,14H2,1-4H3,(H,29,32). The molecule has 1 saturated heterocycles. The monoisotopic (exact) mass is 476 g/mol. The van der Waals surface area contributed by atoms with Gasteiger partial charge in [0.2, 0.25) is 17.6 Å². The third-order valence-electron chi connectivity index (χ3n) is 6.72. The highest BCUT2D eigenvalue weighted by molar-refractivity contribution is 5.89. The van der Waals surface area contributed by atoms with E-state index >= 15 is 0 Å². The summed E-state index contributed by atoms with van der Waals surface area (Å²) in [5, 5.41) is 4.86. The van der Waals surface area contributed by atoms with Gasteiger partial charge in [-0.2, -0.15) is 0 Å². The van der Waals surface area contributed by atoms with Crippen LogP contribution in [0.4, 0.5) is 0 Å². The fraction of sp³-hybridized carbons (Fsp3) is 0.357. The van der Waals surface area contributed by atoms with Gasteiger partial charge in [-0.1, -0.05) is 30.3 Å². The molecular weight excluding hydrogens is 444 g/mol. The van der Waals surface area contributed by atoms with E-state index in [1.54, 1.807) is 28.4 Å². The fourth-order valence-electron chi connectivity index (χ4n) is 4.71. The molecule has 1 fully saturated rings. The molecule has 7 nitrogen and oxygen atoms in total. The average Bonchev–Trinajstić information content (AvgIpc) is 2.91. The van der Waals surface area contributed by atoms with Crippen molar-refractivity contribution >= 4 is 22.6 Å². The maximum Gasteiger partial charge on any atom is 0.226 e. The molecule has 7 heteroatoms. The number of nitrogens with zero attached hydrogens (tertiary/aromatic N) is 1. The molecule has 184 valence electrons. The van der Waals surface area contributed by atoms with Gasteiger partial charge >= 0.3 is 0 Å². The molecule has 4 rings (SSSR count). The summed E-state index contributed by atoms with van der Waals surface area (Å²) in [7, 11) is 6.46. The lowest BCUT2D eigenvalue weighted by atomic mass is 9.95. The second-order valence-electron chi connectivity index (χ2n) is 8.76. The normalized spacial score (nSPS) is 14.0. The Kier molecular flexibility index (Phi) is 7.44. The number of ether oxygens (including phenoxy) is 3. The van der Waals surface area contributed by atoms with E-state index in [9.17, 15) is 9.59 Å². The quantitative estimate of drug-likeness (QED) is 0.557. The lowest BCUT2D eigenvalue weighted by Gasteiger charge is -2.31. The van der Waals surface area contributed by atoms with Crippen molar-refractivity contribution in [1.82, 2.24) is 10.2 Å². The van der Waals surface area contributed by atoms with E-state index in [1.807, 2.05) is 23.1 Å². The maximum atomic E-state index is 12.9. The summed E-state index contributed by atoms with van der Waals surface area (Å²) in [5.41, 5.74) is 2.97. The van der Waals surface area contributed by atoms with Gasteiger partial charge in [-0.15, -0.1) is 0 Å². The van der Waals surface area contributed by atoms with Crippen LogP contribution in [0.5, 0.6) is 17.2 Å². The number of amides is 2. The van der Waals surface area contributed by atoms with Crippen LogP contribution in [-0.4, -0.2) is 58.2 Å². The lowest BCUT2D eigenvalue weighted by Crippen LogP contribution is -2.42. The molecule has 0 bridgehead atoms. The summed E-state index contributed by atoms with van der Waals surface area (Å²) in [5.74, 6) is 1.95. The Hall–Kier alpha value is -3.74. The Labute approximate surface area is 206 Å². The zero-order valence-corrected chi connectivity index (χ0v) is 20.7. The molecule has 1 N–H and O–H groups in total. The zero-order valence-electron chi connectivity index (χ0n) is 20.7. The van der Waals surface area contributed by atoms with Crippen molar-refractivity contribution in [2.75, 3.05) is 41.5 Å². The van der Waals surface area contributed by atoms with Crippen LogP contribution in [-0.2, 0) is 16.0 Å². The third kappa shape index (κ3) is 5.19. The maximum absolute atomic E-state index is 12.9. The van der Waals surface area contributed by atoms with Crippen LogP contribution in [0.1, 0.15) is 18.4 Å². The molecule has 0 atom stereocenters. The minimum Gasteiger partial charge on any atom is -0.493 e. The number of methoxy groups -OCH3 is 3. The summed E-state index contributed by atoms with van der Waals surface area (Å²) >= 11 is 0. The Morgan fingerprint density at radius 2 is 1.49 bits per heavy atom. The predicted molar refractivity (Wildman–Crippen MR) is 136 cm³/mol. The zero-order chi connectivity index (χ0) is 24.9. The van der Waals surface area contributed by atoms with Crippen molar-refractivity contribution in [3.05, 3.63) is 54.1 Å². The Morgan fingerprint density at radius 1 is 0.857 bits per heavy atom. The van der Waals surface area contributed by atoms with E-state index in [1.165, 1.54) is 0 Å². The molecule has 2 amide bonds. The second kappa shape index (κ2) is 10.7. The first-order valence-corrected chi connectivity index (χ1v) is 11.8. The first kappa shape index (κ1) is 24.4. The molecule has 0 spiro atoms. The molecule has 3 aromatic carbocycles. The molecule has 0 aliphatic carbocycles. The summed E-state index contributed by atoms with van der Waals surface area (Å²) < 4.78 is 16.4. The van der Waals surface area contributed by atoms with E-state index < -0.39 is 0 Å². The molecule has 0 radical (unpaired) electrons. The molecular formula is C28H32N2O5. The summed E-state index contributed by atoms with van der Waals surface area (Å²) in [6.45, 7) is 1.26. The third-order valence-corrected chi connectivity index (χ3v) is 6.72. The van der Waals surface area contributed by atoms with Gasteiger partial charge in [0.05, 0.1) is 27.8 Å².